The van der Waals surface area contributed by atoms with Gasteiger partial charge >= 0.3 is 0 Å². The van der Waals surface area contributed by atoms with Crippen molar-refractivity contribution in [2.75, 3.05) is 39.4 Å². The topological polar surface area (TPSA) is 72.8 Å². The zero-order valence-corrected chi connectivity index (χ0v) is 14.9. The average Bonchev–Trinajstić information content (AvgIpc) is 2.69. The smallest absolute Gasteiger partial charge is 0.229 e. The molecule has 2 aliphatic heterocycles. The molecule has 0 aliphatic carbocycles. The van der Waals surface area contributed by atoms with Crippen molar-refractivity contribution in [3.8, 4) is 0 Å². The maximum Gasteiger partial charge on any atom is 0.229 e. The molecule has 0 saturated carbocycles. The highest BCUT2D eigenvalue weighted by Gasteiger charge is 2.45. The van der Waals surface area contributed by atoms with Crippen LogP contribution in [0, 0.1) is 10.8 Å². The van der Waals surface area contributed by atoms with Crippen LogP contribution in [0.15, 0.2) is 30.3 Å². The Morgan fingerprint density at radius 2 is 1.76 bits per heavy atom. The third kappa shape index (κ3) is 3.89. The monoisotopic (exact) mass is 346 g/mol. The molecule has 5 heteroatoms. The molecule has 2 heterocycles. The highest BCUT2D eigenvalue weighted by Crippen LogP contribution is 2.38. The first kappa shape index (κ1) is 18.4. The summed E-state index contributed by atoms with van der Waals surface area (Å²) in [5.41, 5.74) is 0.278. The summed E-state index contributed by atoms with van der Waals surface area (Å²) in [5, 5.41) is 22.9. The third-order valence-corrected chi connectivity index (χ3v) is 6.02. The zero-order chi connectivity index (χ0) is 17.8. The van der Waals surface area contributed by atoms with Gasteiger partial charge in [-0.2, -0.15) is 0 Å². The van der Waals surface area contributed by atoms with Crippen LogP contribution in [0.5, 0.6) is 0 Å². The molecular weight excluding hydrogens is 316 g/mol. The van der Waals surface area contributed by atoms with E-state index in [0.717, 1.165) is 51.7 Å². The molecule has 0 radical (unpaired) electrons. The van der Waals surface area contributed by atoms with E-state index >= 15 is 0 Å². The fourth-order valence-electron chi connectivity index (χ4n) is 4.38. The second kappa shape index (κ2) is 7.85. The number of aliphatic hydroxyl groups excluding tert-OH is 2. The fraction of sp³-hybridized carbons (Fsp3) is 0.650. The third-order valence-electron chi connectivity index (χ3n) is 6.02. The van der Waals surface area contributed by atoms with Gasteiger partial charge in [-0.05, 0) is 50.8 Å². The number of aliphatic hydroxyl groups is 2. The van der Waals surface area contributed by atoms with E-state index in [1.54, 1.807) is 0 Å². The fourth-order valence-corrected chi connectivity index (χ4v) is 4.38. The van der Waals surface area contributed by atoms with Crippen LogP contribution >= 0.6 is 0 Å². The number of nitrogens with zero attached hydrogens (tertiary/aromatic N) is 1. The minimum atomic E-state index is -0.547. The molecule has 2 fully saturated rings. The Kier molecular flexibility index (Phi) is 5.77. The molecule has 3 N–H and O–H groups in total. The van der Waals surface area contributed by atoms with E-state index in [9.17, 15) is 15.0 Å². The largest absolute Gasteiger partial charge is 0.396 e. The molecule has 138 valence electrons. The van der Waals surface area contributed by atoms with Crippen molar-refractivity contribution in [3.05, 3.63) is 35.9 Å². The summed E-state index contributed by atoms with van der Waals surface area (Å²) >= 11 is 0. The Bertz CT molecular complexity index is 566. The van der Waals surface area contributed by atoms with E-state index in [-0.39, 0.29) is 24.5 Å². The molecular formula is C20H30N2O3. The van der Waals surface area contributed by atoms with Crippen molar-refractivity contribution in [1.82, 2.24) is 10.2 Å². The lowest BCUT2D eigenvalue weighted by Gasteiger charge is -2.46. The summed E-state index contributed by atoms with van der Waals surface area (Å²) in [4.78, 5) is 15.4. The molecule has 0 aromatic heterocycles. The van der Waals surface area contributed by atoms with Crippen LogP contribution in [0.4, 0.5) is 0 Å². The van der Waals surface area contributed by atoms with Gasteiger partial charge in [-0.15, -0.1) is 0 Å². The van der Waals surface area contributed by atoms with Crippen LogP contribution in [0.1, 0.15) is 31.2 Å². The van der Waals surface area contributed by atoms with Crippen LogP contribution in [0.3, 0.4) is 0 Å². The number of carbonyl (C=O) groups is 1. The number of likely N-dealkylation sites (tertiary alicyclic amines) is 1. The number of rotatable bonds is 5. The summed E-state index contributed by atoms with van der Waals surface area (Å²) in [6.45, 7) is 2.77. The van der Waals surface area contributed by atoms with E-state index in [1.165, 1.54) is 5.56 Å². The van der Waals surface area contributed by atoms with Crippen molar-refractivity contribution >= 4 is 5.91 Å². The molecule has 5 nitrogen and oxygen atoms in total. The predicted molar refractivity (Wildman–Crippen MR) is 97.1 cm³/mol. The number of piperidine rings is 2. The molecule has 25 heavy (non-hydrogen) atoms. The molecule has 3 rings (SSSR count). The average molecular weight is 346 g/mol. The van der Waals surface area contributed by atoms with Crippen LogP contribution in [0.2, 0.25) is 0 Å². The first-order valence-corrected chi connectivity index (χ1v) is 9.39. The van der Waals surface area contributed by atoms with E-state index in [2.05, 4.69) is 17.4 Å². The molecule has 1 aromatic carbocycles. The minimum Gasteiger partial charge on any atom is -0.396 e. The molecule has 1 amide bonds. The second-order valence-corrected chi connectivity index (χ2v) is 7.84. The zero-order valence-electron chi connectivity index (χ0n) is 14.9. The molecule has 0 bridgehead atoms. The van der Waals surface area contributed by atoms with Crippen molar-refractivity contribution < 1.29 is 15.0 Å². The van der Waals surface area contributed by atoms with Crippen LogP contribution in [-0.2, 0) is 11.2 Å². The molecule has 1 aromatic rings. The quantitative estimate of drug-likeness (QED) is 0.749. The van der Waals surface area contributed by atoms with Crippen molar-refractivity contribution in [2.45, 2.75) is 32.1 Å². The summed E-state index contributed by atoms with van der Waals surface area (Å²) in [6, 6.07) is 10.2. The number of amides is 1. The lowest BCUT2D eigenvalue weighted by Crippen LogP contribution is -2.56. The maximum atomic E-state index is 13.5. The van der Waals surface area contributed by atoms with Gasteiger partial charge in [-0.3, -0.25) is 4.79 Å². The van der Waals surface area contributed by atoms with E-state index in [1.807, 2.05) is 23.1 Å². The van der Waals surface area contributed by atoms with Crippen molar-refractivity contribution in [3.63, 3.8) is 0 Å². The molecule has 2 saturated heterocycles. The Labute approximate surface area is 150 Å². The van der Waals surface area contributed by atoms with Gasteiger partial charge in [-0.25, -0.2) is 0 Å². The number of carbonyl (C=O) groups excluding carboxylic acids is 1. The normalized spacial score (nSPS) is 22.6. The van der Waals surface area contributed by atoms with Crippen LogP contribution in [0.25, 0.3) is 0 Å². The second-order valence-electron chi connectivity index (χ2n) is 7.84. The molecule has 0 spiro atoms. The van der Waals surface area contributed by atoms with Crippen LogP contribution < -0.4 is 5.32 Å². The number of hydrogen-bond acceptors (Lipinski definition) is 4. The van der Waals surface area contributed by atoms with Crippen molar-refractivity contribution in [1.29, 1.82) is 0 Å². The van der Waals surface area contributed by atoms with Gasteiger partial charge in [0.1, 0.15) is 0 Å². The summed E-state index contributed by atoms with van der Waals surface area (Å²) in [5.74, 6) is 0.198. The Balaban J connectivity index is 1.82. The molecule has 0 unspecified atom stereocenters. The maximum absolute atomic E-state index is 13.5. The lowest BCUT2D eigenvalue weighted by atomic mass is 9.72. The van der Waals surface area contributed by atoms with Gasteiger partial charge in [0.05, 0.1) is 18.6 Å². The number of nitrogens with one attached hydrogen (secondary N) is 1. The van der Waals surface area contributed by atoms with E-state index < -0.39 is 5.41 Å². The van der Waals surface area contributed by atoms with E-state index in [0.29, 0.717) is 6.54 Å². The summed E-state index contributed by atoms with van der Waals surface area (Å²) in [6.07, 6.45) is 4.05. The predicted octanol–water partition coefficient (Wildman–Crippen LogP) is 1.19. The highest BCUT2D eigenvalue weighted by molar-refractivity contribution is 5.83. The number of benzene rings is 1. The SMILES string of the molecule is O=C(N1CCCC(CO)(CO)C1)C1(Cc2ccccc2)CCNCC1. The van der Waals surface area contributed by atoms with Crippen LogP contribution in [-0.4, -0.2) is 60.4 Å². The first-order chi connectivity index (χ1) is 12.1. The van der Waals surface area contributed by atoms with Crippen molar-refractivity contribution in [2.24, 2.45) is 10.8 Å². The minimum absolute atomic E-state index is 0.0689. The van der Waals surface area contributed by atoms with Gasteiger partial charge in [0, 0.05) is 18.5 Å². The summed E-state index contributed by atoms with van der Waals surface area (Å²) < 4.78 is 0. The molecule has 0 atom stereocenters. The highest BCUT2D eigenvalue weighted by atomic mass is 16.3. The Morgan fingerprint density at radius 1 is 1.08 bits per heavy atom. The number of hydrogen-bond donors (Lipinski definition) is 3. The van der Waals surface area contributed by atoms with Gasteiger partial charge < -0.3 is 20.4 Å². The standard InChI is InChI=1S/C20H30N2O3/c23-15-19(16-24)7-4-12-22(14-19)18(25)20(8-10-21-11-9-20)13-17-5-2-1-3-6-17/h1-3,5-6,21,23-24H,4,7-16H2. The molecule has 2 aliphatic rings. The van der Waals surface area contributed by atoms with Gasteiger partial charge in [0.2, 0.25) is 5.91 Å². The Morgan fingerprint density at radius 3 is 2.40 bits per heavy atom. The van der Waals surface area contributed by atoms with Gasteiger partial charge in [0.15, 0.2) is 0 Å². The van der Waals surface area contributed by atoms with Gasteiger partial charge in [0.25, 0.3) is 0 Å². The lowest BCUT2D eigenvalue weighted by molar-refractivity contribution is -0.149. The summed E-state index contributed by atoms with van der Waals surface area (Å²) in [7, 11) is 0. The van der Waals surface area contributed by atoms with Gasteiger partial charge in [-0.1, -0.05) is 30.3 Å². The van der Waals surface area contributed by atoms with E-state index in [4.69, 9.17) is 0 Å². The first-order valence-electron chi connectivity index (χ1n) is 9.39. The Hall–Kier alpha value is -1.43.